The number of urea groups is 1. The lowest BCUT2D eigenvalue weighted by molar-refractivity contribution is 0.250. The summed E-state index contributed by atoms with van der Waals surface area (Å²) >= 11 is 0. The maximum absolute atomic E-state index is 10.0. The minimum Gasteiger partial charge on any atom is -0.352 e. The van der Waals surface area contributed by atoms with Gasteiger partial charge < -0.3 is 11.1 Å². The zero-order valence-corrected chi connectivity index (χ0v) is 6.03. The molecule has 0 aliphatic carbocycles. The zero-order valence-electron chi connectivity index (χ0n) is 5.14. The first-order valence-electron chi connectivity index (χ1n) is 2.31. The Morgan fingerprint density at radius 1 is 1.75 bits per heavy atom. The smallest absolute Gasteiger partial charge is 0.312 e. The van der Waals surface area contributed by atoms with Crippen LogP contribution in [0.1, 0.15) is 0 Å². The third kappa shape index (κ3) is 5.70. The highest BCUT2D eigenvalue weighted by molar-refractivity contribution is 7.55. The SMILES string of the molecule is CP(C)CNC(N)=O. The van der Waals surface area contributed by atoms with Crippen LogP contribution >= 0.6 is 7.92 Å². The molecule has 0 aliphatic heterocycles. The van der Waals surface area contributed by atoms with E-state index >= 15 is 0 Å². The fourth-order valence-electron chi connectivity index (χ4n) is 0.236. The Bertz CT molecular complexity index is 84.1. The molecule has 0 aromatic heterocycles. The van der Waals surface area contributed by atoms with Crippen LogP contribution in [0, 0.1) is 0 Å². The van der Waals surface area contributed by atoms with Crippen LogP contribution in [-0.2, 0) is 0 Å². The summed E-state index contributed by atoms with van der Waals surface area (Å²) in [5, 5.41) is 2.51. The number of nitrogens with one attached hydrogen (secondary N) is 1. The highest BCUT2D eigenvalue weighted by Gasteiger charge is 1.92. The molecule has 8 heavy (non-hydrogen) atoms. The molecule has 0 aromatic rings. The molecular weight excluding hydrogens is 123 g/mol. The van der Waals surface area contributed by atoms with Gasteiger partial charge in [0.15, 0.2) is 0 Å². The number of carbonyl (C=O) groups excluding carboxylic acids is 1. The molecule has 2 amide bonds. The van der Waals surface area contributed by atoms with Gasteiger partial charge in [-0.15, -0.1) is 0 Å². The van der Waals surface area contributed by atoms with Crippen molar-refractivity contribution in [2.75, 3.05) is 19.6 Å². The maximum atomic E-state index is 10.0. The summed E-state index contributed by atoms with van der Waals surface area (Å²) in [6, 6.07) is -0.429. The predicted octanol–water partition coefficient (Wildman–Crippen LogP) is 0.354. The number of hydrogen-bond acceptors (Lipinski definition) is 1. The fraction of sp³-hybridized carbons (Fsp3) is 0.750. The van der Waals surface area contributed by atoms with Crippen molar-refractivity contribution in [3.8, 4) is 0 Å². The zero-order chi connectivity index (χ0) is 6.57. The normalized spacial score (nSPS) is 9.38. The van der Waals surface area contributed by atoms with E-state index in [9.17, 15) is 4.79 Å². The molecule has 0 fully saturated rings. The van der Waals surface area contributed by atoms with Crippen LogP contribution in [0.2, 0.25) is 0 Å². The third-order valence-electron chi connectivity index (χ3n) is 0.570. The van der Waals surface area contributed by atoms with Crippen molar-refractivity contribution in [1.29, 1.82) is 0 Å². The van der Waals surface area contributed by atoms with Gasteiger partial charge in [0.2, 0.25) is 0 Å². The Hall–Kier alpha value is -0.300. The predicted molar refractivity (Wildman–Crippen MR) is 36.4 cm³/mol. The van der Waals surface area contributed by atoms with Crippen molar-refractivity contribution in [3.63, 3.8) is 0 Å². The Kier molecular flexibility index (Phi) is 3.53. The molecular formula is C4H11N2OP. The number of amides is 2. The highest BCUT2D eigenvalue weighted by atomic mass is 31.1. The van der Waals surface area contributed by atoms with Crippen molar-refractivity contribution >= 4 is 14.0 Å². The van der Waals surface area contributed by atoms with E-state index in [1.807, 2.05) is 0 Å². The van der Waals surface area contributed by atoms with E-state index in [0.717, 1.165) is 6.29 Å². The minimum absolute atomic E-state index is 0.0449. The lowest BCUT2D eigenvalue weighted by Gasteiger charge is -2.03. The summed E-state index contributed by atoms with van der Waals surface area (Å²) in [5.74, 6) is 0. The van der Waals surface area contributed by atoms with Gasteiger partial charge in [0.1, 0.15) is 0 Å². The molecule has 3 nitrogen and oxygen atoms in total. The van der Waals surface area contributed by atoms with E-state index in [1.54, 1.807) is 0 Å². The van der Waals surface area contributed by atoms with Gasteiger partial charge in [-0.2, -0.15) is 0 Å². The van der Waals surface area contributed by atoms with Gasteiger partial charge in [0, 0.05) is 6.29 Å². The van der Waals surface area contributed by atoms with Crippen LogP contribution in [0.15, 0.2) is 0 Å². The summed E-state index contributed by atoms with van der Waals surface area (Å²) < 4.78 is 0. The molecule has 0 heterocycles. The molecule has 0 bridgehead atoms. The summed E-state index contributed by atoms with van der Waals surface area (Å²) in [5.41, 5.74) is 4.80. The number of hydrogen-bond donors (Lipinski definition) is 2. The van der Waals surface area contributed by atoms with Crippen molar-refractivity contribution in [2.45, 2.75) is 0 Å². The van der Waals surface area contributed by atoms with E-state index in [1.165, 1.54) is 0 Å². The molecule has 3 N–H and O–H groups in total. The monoisotopic (exact) mass is 134 g/mol. The summed E-state index contributed by atoms with van der Waals surface area (Å²) in [7, 11) is -0.0449. The Balaban J connectivity index is 3.05. The van der Waals surface area contributed by atoms with E-state index in [2.05, 4.69) is 18.6 Å². The Labute approximate surface area is 50.4 Å². The summed E-state index contributed by atoms with van der Waals surface area (Å²) in [6.45, 7) is 4.15. The van der Waals surface area contributed by atoms with Crippen LogP contribution in [-0.4, -0.2) is 25.6 Å². The second-order valence-corrected chi connectivity index (χ2v) is 4.25. The largest absolute Gasteiger partial charge is 0.352 e. The fourth-order valence-corrected chi connectivity index (χ4v) is 0.708. The summed E-state index contributed by atoms with van der Waals surface area (Å²) in [6.07, 6.45) is 0.727. The molecule has 0 saturated heterocycles. The molecule has 0 atom stereocenters. The first kappa shape index (κ1) is 7.70. The molecule has 0 spiro atoms. The Morgan fingerprint density at radius 2 is 2.25 bits per heavy atom. The number of carbonyl (C=O) groups is 1. The van der Waals surface area contributed by atoms with Gasteiger partial charge in [-0.05, 0) is 13.3 Å². The first-order valence-corrected chi connectivity index (χ1v) is 4.73. The second kappa shape index (κ2) is 3.67. The van der Waals surface area contributed by atoms with Crippen LogP contribution < -0.4 is 11.1 Å². The van der Waals surface area contributed by atoms with Gasteiger partial charge in [-0.25, -0.2) is 4.79 Å². The topological polar surface area (TPSA) is 55.1 Å². The van der Waals surface area contributed by atoms with Crippen LogP contribution in [0.25, 0.3) is 0 Å². The maximum Gasteiger partial charge on any atom is 0.312 e. The average Bonchev–Trinajstić information content (AvgIpc) is 1.61. The lowest BCUT2D eigenvalue weighted by atomic mass is 11.0. The van der Waals surface area contributed by atoms with Crippen molar-refractivity contribution in [3.05, 3.63) is 0 Å². The van der Waals surface area contributed by atoms with Gasteiger partial charge in [0.25, 0.3) is 0 Å². The van der Waals surface area contributed by atoms with E-state index in [-0.39, 0.29) is 7.92 Å². The van der Waals surface area contributed by atoms with Crippen molar-refractivity contribution < 1.29 is 4.79 Å². The quantitative estimate of drug-likeness (QED) is 0.526. The average molecular weight is 134 g/mol. The third-order valence-corrected chi connectivity index (χ3v) is 1.36. The van der Waals surface area contributed by atoms with Crippen LogP contribution in [0.3, 0.4) is 0 Å². The molecule has 0 unspecified atom stereocenters. The van der Waals surface area contributed by atoms with E-state index in [0.29, 0.717) is 0 Å². The molecule has 48 valence electrons. The highest BCUT2D eigenvalue weighted by Crippen LogP contribution is 2.20. The number of rotatable bonds is 2. The molecule has 0 aliphatic rings. The number of nitrogens with two attached hydrogens (primary N) is 1. The van der Waals surface area contributed by atoms with Crippen molar-refractivity contribution in [2.24, 2.45) is 5.73 Å². The number of primary amides is 1. The first-order chi connectivity index (χ1) is 3.63. The van der Waals surface area contributed by atoms with Crippen molar-refractivity contribution in [1.82, 2.24) is 5.32 Å². The van der Waals surface area contributed by atoms with E-state index < -0.39 is 6.03 Å². The lowest BCUT2D eigenvalue weighted by Crippen LogP contribution is -2.29. The van der Waals surface area contributed by atoms with E-state index in [4.69, 9.17) is 5.73 Å². The molecule has 0 rings (SSSR count). The minimum atomic E-state index is -0.429. The van der Waals surface area contributed by atoms with Crippen LogP contribution in [0.4, 0.5) is 4.79 Å². The molecule has 0 saturated carbocycles. The Morgan fingerprint density at radius 3 is 2.38 bits per heavy atom. The summed E-state index contributed by atoms with van der Waals surface area (Å²) in [4.78, 5) is 10.0. The second-order valence-electron chi connectivity index (χ2n) is 1.78. The molecule has 0 radical (unpaired) electrons. The van der Waals surface area contributed by atoms with Gasteiger partial charge in [-0.3, -0.25) is 0 Å². The standard InChI is InChI=1S/C4H11N2OP/c1-8(2)3-6-4(5)7/h3H2,1-2H3,(H3,5,6,7). The van der Waals surface area contributed by atoms with Gasteiger partial charge >= 0.3 is 6.03 Å². The molecule has 4 heteroatoms. The van der Waals surface area contributed by atoms with Gasteiger partial charge in [-0.1, -0.05) is 7.92 Å². The molecule has 0 aromatic carbocycles. The van der Waals surface area contributed by atoms with Gasteiger partial charge in [0.05, 0.1) is 0 Å². The van der Waals surface area contributed by atoms with Crippen LogP contribution in [0.5, 0.6) is 0 Å².